The Morgan fingerprint density at radius 3 is 2.17 bits per heavy atom. The molecule has 11 heteroatoms. The maximum Gasteiger partial charge on any atom is 0.276 e. The van der Waals surface area contributed by atoms with Crippen LogP contribution in [0.25, 0.3) is 11.3 Å². The second kappa shape index (κ2) is 8.25. The maximum absolute atomic E-state index is 12.7. The molecule has 0 bridgehead atoms. The van der Waals surface area contributed by atoms with Gasteiger partial charge in [0, 0.05) is 37.8 Å². The van der Waals surface area contributed by atoms with Crippen molar-refractivity contribution >= 4 is 25.8 Å². The topological polar surface area (TPSA) is 118 Å². The zero-order valence-corrected chi connectivity index (χ0v) is 17.9. The van der Waals surface area contributed by atoms with Crippen LogP contribution in [-0.4, -0.2) is 74.8 Å². The Morgan fingerprint density at radius 2 is 1.62 bits per heavy atom. The van der Waals surface area contributed by atoms with Gasteiger partial charge in [0.2, 0.25) is 10.0 Å². The van der Waals surface area contributed by atoms with E-state index in [1.165, 1.54) is 22.5 Å². The largest absolute Gasteiger partial charge is 0.355 e. The van der Waals surface area contributed by atoms with Gasteiger partial charge in [-0.25, -0.2) is 16.8 Å². The molecule has 1 aliphatic rings. The minimum absolute atomic E-state index is 0.0140. The summed E-state index contributed by atoms with van der Waals surface area (Å²) in [6, 6.07) is 7.69. The molecule has 0 saturated carbocycles. The van der Waals surface area contributed by atoms with Gasteiger partial charge in [-0.2, -0.15) is 4.31 Å². The van der Waals surface area contributed by atoms with Crippen molar-refractivity contribution in [3.05, 3.63) is 36.0 Å². The van der Waals surface area contributed by atoms with Crippen LogP contribution < -0.4 is 0 Å². The second-order valence-corrected chi connectivity index (χ2v) is 11.1. The first-order chi connectivity index (χ1) is 13.7. The molecule has 0 atom stereocenters. The Kier molecular flexibility index (Phi) is 6.11. The van der Waals surface area contributed by atoms with E-state index in [0.29, 0.717) is 11.3 Å². The molecule has 1 fully saturated rings. The quantitative estimate of drug-likeness (QED) is 0.662. The first kappa shape index (κ1) is 21.5. The van der Waals surface area contributed by atoms with E-state index in [1.807, 2.05) is 0 Å². The first-order valence-electron chi connectivity index (χ1n) is 9.25. The van der Waals surface area contributed by atoms with E-state index in [4.69, 9.17) is 4.52 Å². The summed E-state index contributed by atoms with van der Waals surface area (Å²) in [5, 5.41) is 3.82. The number of benzene rings is 1. The van der Waals surface area contributed by atoms with Gasteiger partial charge in [-0.15, -0.1) is 0 Å². The molecule has 0 spiro atoms. The van der Waals surface area contributed by atoms with Crippen molar-refractivity contribution in [1.82, 2.24) is 14.4 Å². The summed E-state index contributed by atoms with van der Waals surface area (Å²) in [4.78, 5) is 14.4. The maximum atomic E-state index is 12.7. The molecule has 158 valence electrons. The summed E-state index contributed by atoms with van der Waals surface area (Å²) in [6.07, 6.45) is 0. The number of aromatic nitrogens is 1. The first-order valence-corrected chi connectivity index (χ1v) is 12.5. The lowest BCUT2D eigenvalue weighted by Crippen LogP contribution is -2.50. The monoisotopic (exact) mass is 441 g/mol. The van der Waals surface area contributed by atoms with Crippen LogP contribution in [0.2, 0.25) is 0 Å². The second-order valence-electron chi connectivity index (χ2n) is 6.60. The predicted molar refractivity (Wildman–Crippen MR) is 107 cm³/mol. The van der Waals surface area contributed by atoms with E-state index in [-0.39, 0.29) is 54.2 Å². The van der Waals surface area contributed by atoms with Crippen LogP contribution in [0, 0.1) is 0 Å². The van der Waals surface area contributed by atoms with E-state index < -0.39 is 19.9 Å². The molecule has 1 saturated heterocycles. The lowest BCUT2D eigenvalue weighted by Gasteiger charge is -2.33. The van der Waals surface area contributed by atoms with Gasteiger partial charge >= 0.3 is 0 Å². The van der Waals surface area contributed by atoms with Gasteiger partial charge in [-0.05, 0) is 31.2 Å². The number of carbonyl (C=O) groups is 1. The molecule has 1 aromatic heterocycles. The Bertz CT molecular complexity index is 1080. The van der Waals surface area contributed by atoms with Crippen LogP contribution in [0.3, 0.4) is 0 Å². The van der Waals surface area contributed by atoms with E-state index in [9.17, 15) is 21.6 Å². The molecule has 2 heterocycles. The Morgan fingerprint density at radius 1 is 1.00 bits per heavy atom. The minimum atomic E-state index is -3.29. The molecule has 1 amide bonds. The zero-order chi connectivity index (χ0) is 21.2. The molecule has 9 nitrogen and oxygen atoms in total. The van der Waals surface area contributed by atoms with Gasteiger partial charge in [0.05, 0.1) is 16.4 Å². The van der Waals surface area contributed by atoms with Crippen molar-refractivity contribution in [1.29, 1.82) is 0 Å². The average molecular weight is 442 g/mol. The number of piperazine rings is 1. The highest BCUT2D eigenvalue weighted by atomic mass is 32.2. The summed E-state index contributed by atoms with van der Waals surface area (Å²) in [7, 11) is -6.56. The van der Waals surface area contributed by atoms with Crippen LogP contribution >= 0.6 is 0 Å². The molecule has 3 rings (SSSR count). The summed E-state index contributed by atoms with van der Waals surface area (Å²) >= 11 is 0. The predicted octanol–water partition coefficient (Wildman–Crippen LogP) is 1.24. The molecule has 0 aliphatic carbocycles. The van der Waals surface area contributed by atoms with Crippen LogP contribution in [0.15, 0.2) is 39.8 Å². The smallest absolute Gasteiger partial charge is 0.276 e. The highest BCUT2D eigenvalue weighted by Crippen LogP contribution is 2.23. The number of sulfone groups is 1. The van der Waals surface area contributed by atoms with Crippen LogP contribution in [0.5, 0.6) is 0 Å². The average Bonchev–Trinajstić information content (AvgIpc) is 3.23. The Balaban J connectivity index is 1.70. The van der Waals surface area contributed by atoms with Crippen LogP contribution in [-0.2, 0) is 19.9 Å². The van der Waals surface area contributed by atoms with Crippen LogP contribution in [0.4, 0.5) is 0 Å². The van der Waals surface area contributed by atoms with E-state index in [1.54, 1.807) is 30.9 Å². The summed E-state index contributed by atoms with van der Waals surface area (Å²) in [5.41, 5.74) is 0.725. The number of nitrogens with zero attached hydrogens (tertiary/aromatic N) is 3. The van der Waals surface area contributed by atoms with E-state index in [2.05, 4.69) is 5.16 Å². The van der Waals surface area contributed by atoms with Crippen molar-refractivity contribution < 1.29 is 26.2 Å². The number of rotatable bonds is 6. The molecule has 0 radical (unpaired) electrons. The van der Waals surface area contributed by atoms with E-state index in [0.717, 1.165) is 0 Å². The number of amides is 1. The zero-order valence-electron chi connectivity index (χ0n) is 16.2. The summed E-state index contributed by atoms with van der Waals surface area (Å²) in [6.45, 7) is 4.23. The highest BCUT2D eigenvalue weighted by Gasteiger charge is 2.29. The third-order valence-corrected chi connectivity index (χ3v) is 8.52. The van der Waals surface area contributed by atoms with Crippen molar-refractivity contribution in [3.8, 4) is 11.3 Å². The molecule has 1 aromatic carbocycles. The minimum Gasteiger partial charge on any atom is -0.355 e. The summed E-state index contributed by atoms with van der Waals surface area (Å²) < 4.78 is 54.3. The molecule has 0 unspecified atom stereocenters. The van der Waals surface area contributed by atoms with Crippen molar-refractivity contribution in [2.45, 2.75) is 18.7 Å². The molecule has 2 aromatic rings. The van der Waals surface area contributed by atoms with Gasteiger partial charge in [0.15, 0.2) is 21.3 Å². The van der Waals surface area contributed by atoms with Gasteiger partial charge < -0.3 is 9.42 Å². The lowest BCUT2D eigenvalue weighted by molar-refractivity contribution is 0.0687. The molecule has 0 N–H and O–H groups in total. The van der Waals surface area contributed by atoms with Gasteiger partial charge in [-0.3, -0.25) is 4.79 Å². The fraction of sp³-hybridized carbons (Fsp3) is 0.444. The number of sulfonamides is 1. The van der Waals surface area contributed by atoms with E-state index >= 15 is 0 Å². The van der Waals surface area contributed by atoms with Gasteiger partial charge in [0.1, 0.15) is 0 Å². The molecule has 1 aliphatic heterocycles. The van der Waals surface area contributed by atoms with Gasteiger partial charge in [0.25, 0.3) is 5.91 Å². The Labute approximate surface area is 170 Å². The standard InChI is InChI=1S/C18H23N3O6S2/c1-3-28(23,24)15-7-5-14(6-8-15)17-13-16(19-27-17)18(22)20-9-11-21(12-10-20)29(25,26)4-2/h5-8,13H,3-4,9-12H2,1-2H3. The lowest BCUT2D eigenvalue weighted by atomic mass is 10.1. The van der Waals surface area contributed by atoms with Crippen molar-refractivity contribution in [3.63, 3.8) is 0 Å². The Hall–Kier alpha value is -2.24. The third kappa shape index (κ3) is 4.51. The fourth-order valence-electron chi connectivity index (χ4n) is 3.02. The van der Waals surface area contributed by atoms with Crippen molar-refractivity contribution in [2.24, 2.45) is 0 Å². The number of hydrogen-bond acceptors (Lipinski definition) is 7. The molecular formula is C18H23N3O6S2. The normalized spacial score (nSPS) is 16.1. The van der Waals surface area contributed by atoms with Crippen LogP contribution in [0.1, 0.15) is 24.3 Å². The van der Waals surface area contributed by atoms with Crippen molar-refractivity contribution in [2.75, 3.05) is 37.7 Å². The molecular weight excluding hydrogens is 418 g/mol. The third-order valence-electron chi connectivity index (χ3n) is 4.89. The highest BCUT2D eigenvalue weighted by molar-refractivity contribution is 7.91. The SMILES string of the molecule is CCS(=O)(=O)c1ccc(-c2cc(C(=O)N3CCN(S(=O)(=O)CC)CC3)no2)cc1. The van der Waals surface area contributed by atoms with Gasteiger partial charge in [-0.1, -0.05) is 12.1 Å². The summed E-state index contributed by atoms with van der Waals surface area (Å²) in [5.74, 6) is 0.0613. The number of carbonyl (C=O) groups excluding carboxylic acids is 1. The fourth-order valence-corrected chi connectivity index (χ4v) is 4.99. The molecule has 29 heavy (non-hydrogen) atoms. The number of hydrogen-bond donors (Lipinski definition) is 0.